The number of aliphatic imine (C=N–C) groups is 2. The van der Waals surface area contributed by atoms with Crippen molar-refractivity contribution in [2.45, 2.75) is 39.0 Å². The maximum Gasteiger partial charge on any atom is 0.416 e. The lowest BCUT2D eigenvalue weighted by Crippen LogP contribution is -2.37. The zero-order chi connectivity index (χ0) is 22.0. The van der Waals surface area contributed by atoms with Crippen LogP contribution in [0.4, 0.5) is 18.9 Å². The van der Waals surface area contributed by atoms with Gasteiger partial charge in [0.25, 0.3) is 5.91 Å². The molecule has 3 N–H and O–H groups in total. The molecule has 1 amide bonds. The molecule has 0 aliphatic carbocycles. The fraction of sp³-hybridized carbons (Fsp3) is 0.450. The Hall–Kier alpha value is -2.68. The summed E-state index contributed by atoms with van der Waals surface area (Å²) in [7, 11) is 1.40. The van der Waals surface area contributed by atoms with Gasteiger partial charge < -0.3 is 15.7 Å². The molecule has 1 aromatic carbocycles. The van der Waals surface area contributed by atoms with Gasteiger partial charge in [-0.25, -0.2) is 0 Å². The number of alkyl halides is 3. The number of hydrogen-bond donors (Lipinski definition) is 3. The highest BCUT2D eigenvalue weighted by atomic mass is 19.4. The van der Waals surface area contributed by atoms with E-state index in [1.54, 1.807) is 0 Å². The fourth-order valence-corrected chi connectivity index (χ4v) is 2.47. The molecule has 0 aromatic heterocycles. The van der Waals surface area contributed by atoms with Crippen molar-refractivity contribution in [2.75, 3.05) is 18.9 Å². The third-order valence-electron chi connectivity index (χ3n) is 4.15. The molecule has 0 radical (unpaired) electrons. The van der Waals surface area contributed by atoms with Gasteiger partial charge in [0.15, 0.2) is 11.5 Å². The Morgan fingerprint density at radius 2 is 1.93 bits per heavy atom. The van der Waals surface area contributed by atoms with E-state index in [1.165, 1.54) is 13.2 Å². The van der Waals surface area contributed by atoms with Crippen LogP contribution >= 0.6 is 0 Å². The van der Waals surface area contributed by atoms with Gasteiger partial charge in [-0.2, -0.15) is 13.2 Å². The molecule has 2 unspecified atom stereocenters. The Labute approximate surface area is 168 Å². The standard InChI is InChI=1S/C20H27F3N4O2/c1-5-7-16(28)13(3)12-26-18(25-6-2)17(24-4)19(29)27-15-10-8-14(9-11-15)20(21,22)23/h6,8-11,13,16,28H,2,5,7,12H2,1,3-4H3,(H,25,26)(H,27,29). The Morgan fingerprint density at radius 3 is 2.41 bits per heavy atom. The SMILES string of the molecule is C=CNC(=NCC(C)C(O)CCC)C(=NC)C(=O)Nc1ccc(C(F)(F)F)cc1. The van der Waals surface area contributed by atoms with Crippen molar-refractivity contribution >= 4 is 23.1 Å². The van der Waals surface area contributed by atoms with E-state index in [0.717, 1.165) is 30.7 Å². The maximum absolute atomic E-state index is 12.7. The Balaban J connectivity index is 2.93. The molecule has 9 heteroatoms. The number of halogens is 3. The molecule has 0 aliphatic rings. The summed E-state index contributed by atoms with van der Waals surface area (Å²) in [6, 6.07) is 4.09. The van der Waals surface area contributed by atoms with E-state index in [2.05, 4.69) is 27.2 Å². The average molecular weight is 412 g/mol. The lowest BCUT2D eigenvalue weighted by molar-refractivity contribution is -0.137. The molecule has 2 atom stereocenters. The van der Waals surface area contributed by atoms with Crippen molar-refractivity contribution in [3.8, 4) is 0 Å². The smallest absolute Gasteiger partial charge is 0.393 e. The van der Waals surface area contributed by atoms with Gasteiger partial charge >= 0.3 is 6.18 Å². The van der Waals surface area contributed by atoms with Gasteiger partial charge in [0, 0.05) is 25.2 Å². The van der Waals surface area contributed by atoms with Crippen LogP contribution in [0, 0.1) is 5.92 Å². The van der Waals surface area contributed by atoms with E-state index >= 15 is 0 Å². The predicted octanol–water partition coefficient (Wildman–Crippen LogP) is 3.64. The third-order valence-corrected chi connectivity index (χ3v) is 4.15. The van der Waals surface area contributed by atoms with Crippen LogP contribution in [0.2, 0.25) is 0 Å². The number of rotatable bonds is 9. The van der Waals surface area contributed by atoms with Crippen LogP contribution in [0.25, 0.3) is 0 Å². The first-order chi connectivity index (χ1) is 13.6. The van der Waals surface area contributed by atoms with E-state index < -0.39 is 23.8 Å². The molecule has 0 saturated heterocycles. The minimum absolute atomic E-state index is 0.0398. The zero-order valence-corrected chi connectivity index (χ0v) is 16.8. The molecule has 1 aromatic rings. The summed E-state index contributed by atoms with van der Waals surface area (Å²) < 4.78 is 38.0. The first-order valence-corrected chi connectivity index (χ1v) is 9.19. The summed E-state index contributed by atoms with van der Waals surface area (Å²) in [4.78, 5) is 20.8. The molecule has 0 fully saturated rings. The van der Waals surface area contributed by atoms with Crippen molar-refractivity contribution < 1.29 is 23.1 Å². The second-order valence-electron chi connectivity index (χ2n) is 6.47. The van der Waals surface area contributed by atoms with Gasteiger partial charge in [-0.1, -0.05) is 26.8 Å². The van der Waals surface area contributed by atoms with Crippen molar-refractivity contribution in [1.82, 2.24) is 5.32 Å². The summed E-state index contributed by atoms with van der Waals surface area (Å²) in [5.74, 6) is -0.614. The largest absolute Gasteiger partial charge is 0.416 e. The van der Waals surface area contributed by atoms with Crippen LogP contribution in [0.1, 0.15) is 32.3 Å². The summed E-state index contributed by atoms with van der Waals surface area (Å²) in [6.07, 6.45) is -2.15. The highest BCUT2D eigenvalue weighted by Gasteiger charge is 2.30. The highest BCUT2D eigenvalue weighted by Crippen LogP contribution is 2.29. The number of amidine groups is 1. The molecule has 6 nitrogen and oxygen atoms in total. The van der Waals surface area contributed by atoms with E-state index in [-0.39, 0.29) is 29.7 Å². The molecular formula is C20H27F3N4O2. The zero-order valence-electron chi connectivity index (χ0n) is 16.8. The summed E-state index contributed by atoms with van der Waals surface area (Å²) in [5, 5.41) is 15.3. The van der Waals surface area contributed by atoms with Gasteiger partial charge in [0.05, 0.1) is 11.7 Å². The molecule has 29 heavy (non-hydrogen) atoms. The number of aliphatic hydroxyl groups excluding tert-OH is 1. The second-order valence-corrected chi connectivity index (χ2v) is 6.47. The molecule has 0 saturated carbocycles. The first-order valence-electron chi connectivity index (χ1n) is 9.19. The monoisotopic (exact) mass is 412 g/mol. The van der Waals surface area contributed by atoms with Crippen molar-refractivity contribution in [1.29, 1.82) is 0 Å². The normalized spacial score (nSPS) is 14.9. The molecule has 0 bridgehead atoms. The molecule has 160 valence electrons. The van der Waals surface area contributed by atoms with E-state index in [0.29, 0.717) is 6.42 Å². The summed E-state index contributed by atoms with van der Waals surface area (Å²) >= 11 is 0. The summed E-state index contributed by atoms with van der Waals surface area (Å²) in [6.45, 7) is 7.62. The average Bonchev–Trinajstić information content (AvgIpc) is 2.66. The van der Waals surface area contributed by atoms with Crippen molar-refractivity contribution in [3.05, 3.63) is 42.6 Å². The van der Waals surface area contributed by atoms with Crippen LogP contribution in [0.5, 0.6) is 0 Å². The second kappa shape index (κ2) is 11.4. The number of anilines is 1. The molecule has 1 rings (SSSR count). The molecule has 0 heterocycles. The number of carbonyl (C=O) groups excluding carboxylic acids is 1. The van der Waals surface area contributed by atoms with Gasteiger partial charge in [-0.05, 0) is 36.9 Å². The van der Waals surface area contributed by atoms with E-state index in [9.17, 15) is 23.1 Å². The number of hydrogen-bond acceptors (Lipinski definition) is 4. The number of nitrogens with zero attached hydrogens (tertiary/aromatic N) is 2. The lowest BCUT2D eigenvalue weighted by Gasteiger charge is -2.17. The topological polar surface area (TPSA) is 86.1 Å². The minimum atomic E-state index is -4.45. The van der Waals surface area contributed by atoms with Crippen LogP contribution in [-0.2, 0) is 11.0 Å². The quantitative estimate of drug-likeness (QED) is 0.428. The van der Waals surface area contributed by atoms with Gasteiger partial charge in [-0.15, -0.1) is 0 Å². The van der Waals surface area contributed by atoms with E-state index in [1.807, 2.05) is 13.8 Å². The maximum atomic E-state index is 12.7. The fourth-order valence-electron chi connectivity index (χ4n) is 2.47. The molecule has 0 spiro atoms. The summed E-state index contributed by atoms with van der Waals surface area (Å²) in [5.41, 5.74) is -0.661. The number of benzene rings is 1. The third kappa shape index (κ3) is 7.69. The number of nitrogens with one attached hydrogen (secondary N) is 2. The van der Waals surface area contributed by atoms with E-state index in [4.69, 9.17) is 0 Å². The highest BCUT2D eigenvalue weighted by molar-refractivity contribution is 6.68. The Kier molecular flexibility index (Phi) is 9.54. The van der Waals surface area contributed by atoms with Crippen LogP contribution < -0.4 is 10.6 Å². The number of carbonyl (C=O) groups is 1. The van der Waals surface area contributed by atoms with Crippen LogP contribution in [-0.4, -0.2) is 42.3 Å². The van der Waals surface area contributed by atoms with Gasteiger partial charge in [-0.3, -0.25) is 14.8 Å². The van der Waals surface area contributed by atoms with Gasteiger partial charge in [0.2, 0.25) is 0 Å². The Morgan fingerprint density at radius 1 is 1.31 bits per heavy atom. The van der Waals surface area contributed by atoms with Crippen LogP contribution in [0.3, 0.4) is 0 Å². The lowest BCUT2D eigenvalue weighted by atomic mass is 10.0. The number of amides is 1. The Bertz CT molecular complexity index is 743. The first kappa shape index (κ1) is 24.4. The minimum Gasteiger partial charge on any atom is -0.393 e. The van der Waals surface area contributed by atoms with Crippen LogP contribution in [0.15, 0.2) is 47.0 Å². The predicted molar refractivity (Wildman–Crippen MR) is 109 cm³/mol. The molecular weight excluding hydrogens is 385 g/mol. The molecule has 0 aliphatic heterocycles. The van der Waals surface area contributed by atoms with Crippen molar-refractivity contribution in [2.24, 2.45) is 15.9 Å². The van der Waals surface area contributed by atoms with Crippen molar-refractivity contribution in [3.63, 3.8) is 0 Å². The number of aliphatic hydroxyl groups is 1. The van der Waals surface area contributed by atoms with Gasteiger partial charge in [0.1, 0.15) is 0 Å².